The van der Waals surface area contributed by atoms with Crippen LogP contribution in [0.1, 0.15) is 28.6 Å². The average Bonchev–Trinajstić information content (AvgIpc) is 2.96. The van der Waals surface area contributed by atoms with Gasteiger partial charge in [-0.1, -0.05) is 53.5 Å². The van der Waals surface area contributed by atoms with Gasteiger partial charge in [0.25, 0.3) is 5.91 Å². The monoisotopic (exact) mass is 429 g/mol. The summed E-state index contributed by atoms with van der Waals surface area (Å²) in [7, 11) is 1.49. The first kappa shape index (κ1) is 21.1. The van der Waals surface area contributed by atoms with Gasteiger partial charge < -0.3 is 9.30 Å². The molecule has 1 aromatic heterocycles. The Morgan fingerprint density at radius 3 is 2.38 bits per heavy atom. The van der Waals surface area contributed by atoms with Gasteiger partial charge in [0.2, 0.25) is 0 Å². The normalized spacial score (nSPS) is 12.3. The minimum Gasteiger partial charge on any atom is -0.367 e. The van der Waals surface area contributed by atoms with Gasteiger partial charge in [0, 0.05) is 39.8 Å². The van der Waals surface area contributed by atoms with Crippen LogP contribution in [0.25, 0.3) is 5.69 Å². The highest BCUT2D eigenvalue weighted by atomic mass is 35.5. The van der Waals surface area contributed by atoms with Crippen LogP contribution in [0, 0.1) is 13.8 Å². The standard InChI is InChI=1S/C22H21Cl2N3O2/c1-14-9-17(15(2)27(14)20-11-18(23)10-19(24)12-20)13-25-26-22(28)21(29-3)16-7-5-4-6-8-16/h4-13,21H,1-3H3,(H,26,28). The third-order valence-corrected chi connectivity index (χ3v) is 4.97. The molecule has 7 heteroatoms. The van der Waals surface area contributed by atoms with Gasteiger partial charge in [-0.15, -0.1) is 0 Å². The number of nitrogens with zero attached hydrogens (tertiary/aromatic N) is 2. The van der Waals surface area contributed by atoms with Gasteiger partial charge in [0.15, 0.2) is 6.10 Å². The molecule has 0 saturated heterocycles. The van der Waals surface area contributed by atoms with E-state index >= 15 is 0 Å². The predicted octanol–water partition coefficient (Wildman–Crippen LogP) is 5.24. The zero-order chi connectivity index (χ0) is 21.0. The van der Waals surface area contributed by atoms with E-state index in [1.807, 2.05) is 66.9 Å². The van der Waals surface area contributed by atoms with Gasteiger partial charge in [-0.05, 0) is 43.7 Å². The summed E-state index contributed by atoms with van der Waals surface area (Å²) in [6.07, 6.45) is 0.884. The number of amides is 1. The van der Waals surface area contributed by atoms with E-state index < -0.39 is 6.10 Å². The molecule has 1 unspecified atom stereocenters. The summed E-state index contributed by atoms with van der Waals surface area (Å²) in [6.45, 7) is 3.95. The Morgan fingerprint density at radius 1 is 1.10 bits per heavy atom. The zero-order valence-electron chi connectivity index (χ0n) is 16.3. The van der Waals surface area contributed by atoms with E-state index in [9.17, 15) is 4.79 Å². The van der Waals surface area contributed by atoms with Crippen LogP contribution in [-0.2, 0) is 9.53 Å². The Bertz CT molecular complexity index is 1030. The molecule has 1 atom stereocenters. The first-order valence-electron chi connectivity index (χ1n) is 8.96. The van der Waals surface area contributed by atoms with Crippen LogP contribution in [0.3, 0.4) is 0 Å². The van der Waals surface area contributed by atoms with Crippen molar-refractivity contribution in [2.75, 3.05) is 7.11 Å². The number of carbonyl (C=O) groups excluding carboxylic acids is 1. The van der Waals surface area contributed by atoms with Crippen molar-refractivity contribution in [3.8, 4) is 5.69 Å². The van der Waals surface area contributed by atoms with E-state index in [1.165, 1.54) is 7.11 Å². The Balaban J connectivity index is 1.79. The second-order valence-corrected chi connectivity index (χ2v) is 7.42. The fraction of sp³-hybridized carbons (Fsp3) is 0.182. The number of aromatic nitrogens is 1. The van der Waals surface area contributed by atoms with Gasteiger partial charge in [-0.25, -0.2) is 5.43 Å². The highest BCUT2D eigenvalue weighted by Crippen LogP contribution is 2.26. The fourth-order valence-electron chi connectivity index (χ4n) is 3.23. The maximum atomic E-state index is 12.4. The highest BCUT2D eigenvalue weighted by molar-refractivity contribution is 6.34. The molecule has 29 heavy (non-hydrogen) atoms. The number of carbonyl (C=O) groups is 1. The number of nitrogens with one attached hydrogen (secondary N) is 1. The number of hydrogen-bond donors (Lipinski definition) is 1. The molecule has 150 valence electrons. The molecule has 0 aliphatic rings. The summed E-state index contributed by atoms with van der Waals surface area (Å²) >= 11 is 12.3. The second-order valence-electron chi connectivity index (χ2n) is 6.55. The third-order valence-electron chi connectivity index (χ3n) is 4.53. The molecule has 0 fully saturated rings. The van der Waals surface area contributed by atoms with Crippen LogP contribution in [0.5, 0.6) is 0 Å². The van der Waals surface area contributed by atoms with E-state index in [1.54, 1.807) is 12.3 Å². The van der Waals surface area contributed by atoms with E-state index in [0.717, 1.165) is 28.2 Å². The molecule has 1 amide bonds. The first-order chi connectivity index (χ1) is 13.9. The minimum absolute atomic E-state index is 0.342. The smallest absolute Gasteiger partial charge is 0.273 e. The summed E-state index contributed by atoms with van der Waals surface area (Å²) in [6, 6.07) is 16.6. The van der Waals surface area contributed by atoms with Gasteiger partial charge in [-0.2, -0.15) is 5.10 Å². The summed E-state index contributed by atoms with van der Waals surface area (Å²) in [4.78, 5) is 12.4. The Kier molecular flexibility index (Phi) is 6.75. The van der Waals surface area contributed by atoms with Crippen LogP contribution in [0.4, 0.5) is 0 Å². The molecule has 0 saturated carbocycles. The van der Waals surface area contributed by atoms with Crippen LogP contribution < -0.4 is 5.43 Å². The predicted molar refractivity (Wildman–Crippen MR) is 117 cm³/mol. The van der Waals surface area contributed by atoms with Crippen LogP contribution in [-0.4, -0.2) is 23.8 Å². The molecule has 2 aromatic carbocycles. The van der Waals surface area contributed by atoms with Crippen molar-refractivity contribution < 1.29 is 9.53 Å². The molecule has 5 nitrogen and oxygen atoms in total. The van der Waals surface area contributed by atoms with Crippen molar-refractivity contribution in [3.63, 3.8) is 0 Å². The number of ether oxygens (including phenoxy) is 1. The molecule has 0 aliphatic carbocycles. The molecule has 0 aliphatic heterocycles. The molecule has 1 N–H and O–H groups in total. The third kappa shape index (κ3) is 4.88. The summed E-state index contributed by atoms with van der Waals surface area (Å²) < 4.78 is 7.34. The number of aryl methyl sites for hydroxylation is 1. The Hall–Kier alpha value is -2.60. The SMILES string of the molecule is COC(C(=O)NN=Cc1cc(C)n(-c2cc(Cl)cc(Cl)c2)c1C)c1ccccc1. The second kappa shape index (κ2) is 9.27. The lowest BCUT2D eigenvalue weighted by molar-refractivity contribution is -0.131. The van der Waals surface area contributed by atoms with Gasteiger partial charge in [0.05, 0.1) is 6.21 Å². The summed E-state index contributed by atoms with van der Waals surface area (Å²) in [5.74, 6) is -0.342. The Morgan fingerprint density at radius 2 is 1.76 bits per heavy atom. The number of benzene rings is 2. The van der Waals surface area contributed by atoms with Crippen molar-refractivity contribution in [3.05, 3.63) is 87.2 Å². The van der Waals surface area contributed by atoms with E-state index in [-0.39, 0.29) is 5.91 Å². The molecular formula is C22H21Cl2N3O2. The van der Waals surface area contributed by atoms with Crippen molar-refractivity contribution >= 4 is 35.3 Å². The zero-order valence-corrected chi connectivity index (χ0v) is 17.8. The maximum Gasteiger partial charge on any atom is 0.273 e. The molecule has 3 aromatic rings. The number of hydrazone groups is 1. The lowest BCUT2D eigenvalue weighted by Crippen LogP contribution is -2.26. The largest absolute Gasteiger partial charge is 0.367 e. The van der Waals surface area contributed by atoms with E-state index in [4.69, 9.17) is 27.9 Å². The topological polar surface area (TPSA) is 55.6 Å². The molecule has 0 radical (unpaired) electrons. The minimum atomic E-state index is -0.727. The maximum absolute atomic E-state index is 12.4. The lowest BCUT2D eigenvalue weighted by atomic mass is 10.1. The number of hydrogen-bond acceptors (Lipinski definition) is 3. The molecule has 1 heterocycles. The number of rotatable bonds is 6. The van der Waals surface area contributed by atoms with E-state index in [2.05, 4.69) is 10.5 Å². The van der Waals surface area contributed by atoms with Crippen molar-refractivity contribution in [1.29, 1.82) is 0 Å². The van der Waals surface area contributed by atoms with Crippen LogP contribution in [0.2, 0.25) is 10.0 Å². The number of halogens is 2. The summed E-state index contributed by atoms with van der Waals surface area (Å²) in [5, 5.41) is 5.24. The highest BCUT2D eigenvalue weighted by Gasteiger charge is 2.19. The molecular weight excluding hydrogens is 409 g/mol. The lowest BCUT2D eigenvalue weighted by Gasteiger charge is -2.13. The first-order valence-corrected chi connectivity index (χ1v) is 9.72. The van der Waals surface area contributed by atoms with E-state index in [0.29, 0.717) is 10.0 Å². The molecule has 0 bridgehead atoms. The summed E-state index contributed by atoms with van der Waals surface area (Å²) in [5.41, 5.74) is 6.99. The van der Waals surface area contributed by atoms with Crippen molar-refractivity contribution in [2.24, 2.45) is 5.10 Å². The fourth-order valence-corrected chi connectivity index (χ4v) is 3.74. The van der Waals surface area contributed by atoms with Crippen molar-refractivity contribution in [1.82, 2.24) is 9.99 Å². The van der Waals surface area contributed by atoms with Crippen LogP contribution >= 0.6 is 23.2 Å². The average molecular weight is 430 g/mol. The quantitative estimate of drug-likeness (QED) is 0.430. The van der Waals surface area contributed by atoms with Crippen molar-refractivity contribution in [2.45, 2.75) is 20.0 Å². The van der Waals surface area contributed by atoms with Gasteiger partial charge in [0.1, 0.15) is 0 Å². The molecule has 0 spiro atoms. The van der Waals surface area contributed by atoms with Gasteiger partial charge >= 0.3 is 0 Å². The van der Waals surface area contributed by atoms with Crippen LogP contribution in [0.15, 0.2) is 59.7 Å². The Labute approximate surface area is 179 Å². The van der Waals surface area contributed by atoms with Gasteiger partial charge in [-0.3, -0.25) is 4.79 Å². The molecule has 3 rings (SSSR count). The number of methoxy groups -OCH3 is 1.